The standard InChI is InChI=1S/C13H20N2O2S2/c16-19(17,13-5-3-9-18-13)15(12-6-7-12)10-11-4-1-2-8-14-11/h3,5,9,11-12,14H,1-2,4,6-8,10H2. The van der Waals surface area contributed by atoms with E-state index in [1.807, 2.05) is 11.4 Å². The molecule has 0 amide bonds. The first-order valence-corrected chi connectivity index (χ1v) is 9.28. The number of thiophene rings is 1. The molecule has 0 radical (unpaired) electrons. The predicted octanol–water partition coefficient (Wildman–Crippen LogP) is 2.04. The second kappa shape index (κ2) is 5.52. The molecule has 4 nitrogen and oxygen atoms in total. The lowest BCUT2D eigenvalue weighted by molar-refractivity contribution is 0.308. The Bertz CT molecular complexity index is 503. The van der Waals surface area contributed by atoms with E-state index in [9.17, 15) is 8.42 Å². The van der Waals surface area contributed by atoms with E-state index in [0.29, 0.717) is 16.8 Å². The van der Waals surface area contributed by atoms with Crippen LogP contribution in [-0.4, -0.2) is 37.9 Å². The summed E-state index contributed by atoms with van der Waals surface area (Å²) in [6.07, 6.45) is 5.52. The Balaban J connectivity index is 1.77. The molecule has 6 heteroatoms. The first-order valence-electron chi connectivity index (χ1n) is 6.96. The third-order valence-corrected chi connectivity index (χ3v) is 7.12. The van der Waals surface area contributed by atoms with Gasteiger partial charge in [0.05, 0.1) is 0 Å². The first kappa shape index (κ1) is 13.5. The zero-order valence-corrected chi connectivity index (χ0v) is 12.5. The van der Waals surface area contributed by atoms with Crippen molar-refractivity contribution in [3.63, 3.8) is 0 Å². The molecule has 19 heavy (non-hydrogen) atoms. The fourth-order valence-corrected chi connectivity index (χ4v) is 5.48. The molecule has 1 aliphatic heterocycles. The lowest BCUT2D eigenvalue weighted by Crippen LogP contribution is -2.46. The van der Waals surface area contributed by atoms with E-state index < -0.39 is 10.0 Å². The third-order valence-electron chi connectivity index (χ3n) is 3.82. The monoisotopic (exact) mass is 300 g/mol. The second-order valence-corrected chi connectivity index (χ2v) is 8.45. The Morgan fingerprint density at radius 2 is 2.16 bits per heavy atom. The van der Waals surface area contributed by atoms with E-state index in [2.05, 4.69) is 5.32 Å². The van der Waals surface area contributed by atoms with E-state index in [0.717, 1.165) is 25.8 Å². The molecule has 1 aromatic heterocycles. The highest BCUT2D eigenvalue weighted by Gasteiger charge is 2.39. The van der Waals surface area contributed by atoms with Crippen LogP contribution in [0, 0.1) is 0 Å². The van der Waals surface area contributed by atoms with Gasteiger partial charge in [-0.1, -0.05) is 12.5 Å². The topological polar surface area (TPSA) is 49.4 Å². The zero-order valence-electron chi connectivity index (χ0n) is 10.9. The van der Waals surface area contributed by atoms with Gasteiger partial charge in [0.25, 0.3) is 10.0 Å². The molecule has 0 aromatic carbocycles. The fourth-order valence-electron chi connectivity index (χ4n) is 2.63. The quantitative estimate of drug-likeness (QED) is 0.905. The van der Waals surface area contributed by atoms with Crippen LogP contribution in [0.4, 0.5) is 0 Å². The van der Waals surface area contributed by atoms with Gasteiger partial charge in [-0.15, -0.1) is 11.3 Å². The molecule has 1 aliphatic carbocycles. The number of hydrogen-bond donors (Lipinski definition) is 1. The lowest BCUT2D eigenvalue weighted by atomic mass is 10.1. The van der Waals surface area contributed by atoms with Crippen molar-refractivity contribution in [1.29, 1.82) is 0 Å². The second-order valence-electron chi connectivity index (χ2n) is 5.38. The lowest BCUT2D eigenvalue weighted by Gasteiger charge is -2.29. The van der Waals surface area contributed by atoms with Gasteiger partial charge in [0.2, 0.25) is 0 Å². The SMILES string of the molecule is O=S(=O)(c1cccs1)N(CC1CCCCN1)C1CC1. The summed E-state index contributed by atoms with van der Waals surface area (Å²) in [7, 11) is -3.28. The van der Waals surface area contributed by atoms with Gasteiger partial charge in [-0.2, -0.15) is 4.31 Å². The first-order chi connectivity index (χ1) is 9.18. The van der Waals surface area contributed by atoms with Gasteiger partial charge >= 0.3 is 0 Å². The van der Waals surface area contributed by atoms with E-state index in [4.69, 9.17) is 0 Å². The highest BCUT2D eigenvalue weighted by molar-refractivity contribution is 7.91. The van der Waals surface area contributed by atoms with Gasteiger partial charge in [-0.25, -0.2) is 8.42 Å². The summed E-state index contributed by atoms with van der Waals surface area (Å²) in [6, 6.07) is 4.07. The zero-order chi connectivity index (χ0) is 13.3. The predicted molar refractivity (Wildman–Crippen MR) is 76.9 cm³/mol. The molecule has 1 saturated heterocycles. The van der Waals surface area contributed by atoms with E-state index >= 15 is 0 Å². The van der Waals surface area contributed by atoms with Crippen LogP contribution in [0.15, 0.2) is 21.7 Å². The highest BCUT2D eigenvalue weighted by atomic mass is 32.2. The molecule has 1 saturated carbocycles. The molecule has 106 valence electrons. The van der Waals surface area contributed by atoms with Crippen LogP contribution >= 0.6 is 11.3 Å². The van der Waals surface area contributed by atoms with Crippen LogP contribution in [-0.2, 0) is 10.0 Å². The summed E-state index contributed by atoms with van der Waals surface area (Å²) in [5, 5.41) is 5.28. The van der Waals surface area contributed by atoms with Gasteiger partial charge in [0.15, 0.2) is 0 Å². The third kappa shape index (κ3) is 3.02. The smallest absolute Gasteiger partial charge is 0.252 e. The number of piperidine rings is 1. The van der Waals surface area contributed by atoms with E-state index in [1.54, 1.807) is 10.4 Å². The summed E-state index contributed by atoms with van der Waals surface area (Å²) >= 11 is 1.32. The van der Waals surface area contributed by atoms with Crippen molar-refractivity contribution in [1.82, 2.24) is 9.62 Å². The van der Waals surface area contributed by atoms with E-state index in [1.165, 1.54) is 24.2 Å². The maximum Gasteiger partial charge on any atom is 0.252 e. The van der Waals surface area contributed by atoms with E-state index in [-0.39, 0.29) is 6.04 Å². The molecule has 2 aliphatic rings. The minimum absolute atomic E-state index is 0.232. The molecule has 2 fully saturated rings. The van der Waals surface area contributed by atoms with Crippen molar-refractivity contribution in [3.05, 3.63) is 17.5 Å². The van der Waals surface area contributed by atoms with Crippen LogP contribution in [0.1, 0.15) is 32.1 Å². The molecule has 2 heterocycles. The van der Waals surface area contributed by atoms with Crippen LogP contribution in [0.5, 0.6) is 0 Å². The summed E-state index contributed by atoms with van der Waals surface area (Å²) in [5.41, 5.74) is 0. The number of nitrogens with zero attached hydrogens (tertiary/aromatic N) is 1. The van der Waals surface area contributed by atoms with Crippen molar-refractivity contribution < 1.29 is 8.42 Å². The van der Waals surface area contributed by atoms with Gasteiger partial charge in [0.1, 0.15) is 4.21 Å². The van der Waals surface area contributed by atoms with Crippen molar-refractivity contribution in [3.8, 4) is 0 Å². The molecule has 1 N–H and O–H groups in total. The van der Waals surface area contributed by atoms with Crippen molar-refractivity contribution in [2.45, 2.75) is 48.4 Å². The van der Waals surface area contributed by atoms with Gasteiger partial charge < -0.3 is 5.32 Å². The maximum absolute atomic E-state index is 12.7. The van der Waals surface area contributed by atoms with Gasteiger partial charge in [-0.05, 0) is 43.7 Å². The number of sulfonamides is 1. The average Bonchev–Trinajstić information content (AvgIpc) is 3.09. The van der Waals surface area contributed by atoms with Crippen LogP contribution in [0.2, 0.25) is 0 Å². The summed E-state index contributed by atoms with van der Waals surface area (Å²) in [5.74, 6) is 0. The fraction of sp³-hybridized carbons (Fsp3) is 0.692. The Morgan fingerprint density at radius 1 is 1.32 bits per heavy atom. The normalized spacial score (nSPS) is 24.8. The molecule has 0 bridgehead atoms. The Morgan fingerprint density at radius 3 is 2.74 bits per heavy atom. The van der Waals surface area contributed by atoms with Gasteiger partial charge in [0, 0.05) is 18.6 Å². The molecule has 1 atom stereocenters. The molecule has 1 unspecified atom stereocenters. The Labute approximate surface area is 118 Å². The average molecular weight is 300 g/mol. The largest absolute Gasteiger partial charge is 0.313 e. The van der Waals surface area contributed by atoms with Crippen molar-refractivity contribution in [2.24, 2.45) is 0 Å². The maximum atomic E-state index is 12.7. The Hall–Kier alpha value is -0.430. The van der Waals surface area contributed by atoms with Crippen LogP contribution < -0.4 is 5.32 Å². The van der Waals surface area contributed by atoms with Crippen molar-refractivity contribution >= 4 is 21.4 Å². The molecule has 3 rings (SSSR count). The number of hydrogen-bond acceptors (Lipinski definition) is 4. The summed E-state index contributed by atoms with van der Waals surface area (Å²) < 4.78 is 27.5. The Kier molecular flexibility index (Phi) is 3.93. The molecular formula is C13H20N2O2S2. The highest BCUT2D eigenvalue weighted by Crippen LogP contribution is 2.33. The summed E-state index contributed by atoms with van der Waals surface area (Å²) in [4.78, 5) is 0. The minimum Gasteiger partial charge on any atom is -0.313 e. The molecule has 1 aromatic rings. The van der Waals surface area contributed by atoms with Crippen LogP contribution in [0.25, 0.3) is 0 Å². The minimum atomic E-state index is -3.28. The van der Waals surface area contributed by atoms with Crippen LogP contribution in [0.3, 0.4) is 0 Å². The molecular weight excluding hydrogens is 280 g/mol. The molecule has 0 spiro atoms. The number of rotatable bonds is 5. The van der Waals surface area contributed by atoms with Crippen molar-refractivity contribution in [2.75, 3.05) is 13.1 Å². The number of nitrogens with one attached hydrogen (secondary N) is 1. The van der Waals surface area contributed by atoms with Gasteiger partial charge in [-0.3, -0.25) is 0 Å². The summed E-state index contributed by atoms with van der Waals surface area (Å²) in [6.45, 7) is 1.65.